The highest BCUT2D eigenvalue weighted by Gasteiger charge is 2.17. The van der Waals surface area contributed by atoms with Crippen LogP contribution in [0.25, 0.3) is 6.08 Å². The van der Waals surface area contributed by atoms with E-state index in [1.807, 2.05) is 0 Å². The van der Waals surface area contributed by atoms with Gasteiger partial charge in [0.25, 0.3) is 5.91 Å². The highest BCUT2D eigenvalue weighted by atomic mass is 35.5. The number of carbonyl (C=O) groups excluding carboxylic acids is 2. The van der Waals surface area contributed by atoms with E-state index in [2.05, 4.69) is 5.32 Å². The first-order chi connectivity index (χ1) is 11.8. The lowest BCUT2D eigenvalue weighted by Crippen LogP contribution is -2.29. The van der Waals surface area contributed by atoms with Crippen molar-refractivity contribution in [2.24, 2.45) is 0 Å². The molecule has 0 fully saturated rings. The summed E-state index contributed by atoms with van der Waals surface area (Å²) in [7, 11) is 0. The molecule has 0 radical (unpaired) electrons. The van der Waals surface area contributed by atoms with Crippen molar-refractivity contribution >= 4 is 46.8 Å². The monoisotopic (exact) mass is 381 g/mol. The Morgan fingerprint density at radius 1 is 1.16 bits per heavy atom. The van der Waals surface area contributed by atoms with E-state index in [0.29, 0.717) is 21.3 Å². The normalized spacial score (nSPS) is 12.0. The highest BCUT2D eigenvalue weighted by Crippen LogP contribution is 2.25. The van der Waals surface area contributed by atoms with Crippen LogP contribution in [0, 0.1) is 5.82 Å². The van der Waals surface area contributed by atoms with Crippen molar-refractivity contribution in [2.75, 3.05) is 5.32 Å². The molecule has 0 aliphatic rings. The summed E-state index contributed by atoms with van der Waals surface area (Å²) in [5, 5.41) is 3.26. The first-order valence-electron chi connectivity index (χ1n) is 7.25. The molecule has 7 heteroatoms. The lowest BCUT2D eigenvalue weighted by molar-refractivity contribution is -0.148. The summed E-state index contributed by atoms with van der Waals surface area (Å²) in [6.07, 6.45) is 1.57. The van der Waals surface area contributed by atoms with Crippen molar-refractivity contribution in [3.8, 4) is 0 Å². The molecule has 2 aromatic rings. The molecule has 4 nitrogen and oxygen atoms in total. The molecule has 0 aliphatic carbocycles. The molecule has 1 atom stereocenters. The maximum Gasteiger partial charge on any atom is 0.331 e. The molecule has 0 aromatic heterocycles. The molecular weight excluding hydrogens is 368 g/mol. The quantitative estimate of drug-likeness (QED) is 0.602. The van der Waals surface area contributed by atoms with Gasteiger partial charge in [0.05, 0.1) is 10.7 Å². The predicted octanol–water partition coefficient (Wildman–Crippen LogP) is 4.72. The standard InChI is InChI=1S/C18H14Cl2FNO3/c1-11(18(24)22-16-10-13(19)5-8-15(16)20)25-17(23)9-4-12-2-6-14(21)7-3-12/h2-11H,1H3,(H,22,24)/b9-4+/t11-/m0/s1. The van der Waals surface area contributed by atoms with E-state index in [1.165, 1.54) is 43.3 Å². The van der Waals surface area contributed by atoms with Gasteiger partial charge in [-0.25, -0.2) is 9.18 Å². The molecule has 1 amide bonds. The highest BCUT2D eigenvalue weighted by molar-refractivity contribution is 6.35. The Morgan fingerprint density at radius 2 is 1.84 bits per heavy atom. The minimum Gasteiger partial charge on any atom is -0.449 e. The third kappa shape index (κ3) is 5.89. The van der Waals surface area contributed by atoms with E-state index in [-0.39, 0.29) is 5.82 Å². The van der Waals surface area contributed by atoms with E-state index in [1.54, 1.807) is 12.1 Å². The summed E-state index contributed by atoms with van der Waals surface area (Å²) in [6.45, 7) is 1.43. The molecule has 0 spiro atoms. The number of rotatable bonds is 5. The first-order valence-corrected chi connectivity index (χ1v) is 8.01. The molecule has 0 bridgehead atoms. The number of esters is 1. The second kappa shape index (κ2) is 8.65. The predicted molar refractivity (Wildman–Crippen MR) is 96.1 cm³/mol. The van der Waals surface area contributed by atoms with Crippen molar-refractivity contribution in [3.63, 3.8) is 0 Å². The van der Waals surface area contributed by atoms with Crippen LogP contribution in [0.15, 0.2) is 48.5 Å². The summed E-state index contributed by atoms with van der Waals surface area (Å²) in [6, 6.07) is 10.2. The van der Waals surface area contributed by atoms with Gasteiger partial charge in [0, 0.05) is 11.1 Å². The van der Waals surface area contributed by atoms with E-state index >= 15 is 0 Å². The fraction of sp³-hybridized carbons (Fsp3) is 0.111. The number of carbonyl (C=O) groups is 2. The van der Waals surface area contributed by atoms with Gasteiger partial charge in [-0.2, -0.15) is 0 Å². The number of nitrogens with one attached hydrogen (secondary N) is 1. The Morgan fingerprint density at radius 3 is 2.52 bits per heavy atom. The summed E-state index contributed by atoms with van der Waals surface area (Å²) in [4.78, 5) is 23.8. The molecule has 0 saturated carbocycles. The Kier molecular flexibility index (Phi) is 6.56. The lowest BCUT2D eigenvalue weighted by Gasteiger charge is -2.13. The van der Waals surface area contributed by atoms with Crippen LogP contribution in [0.1, 0.15) is 12.5 Å². The van der Waals surface area contributed by atoms with Crippen molar-refractivity contribution < 1.29 is 18.7 Å². The first kappa shape index (κ1) is 19.0. The van der Waals surface area contributed by atoms with Crippen LogP contribution in [-0.2, 0) is 14.3 Å². The molecule has 1 N–H and O–H groups in total. The third-order valence-corrected chi connectivity index (χ3v) is 3.69. The number of amides is 1. The molecule has 2 rings (SSSR count). The topological polar surface area (TPSA) is 55.4 Å². The molecule has 2 aromatic carbocycles. The second-order valence-electron chi connectivity index (χ2n) is 5.08. The average Bonchev–Trinajstić information content (AvgIpc) is 2.57. The maximum atomic E-state index is 12.8. The fourth-order valence-electron chi connectivity index (χ4n) is 1.83. The van der Waals surface area contributed by atoms with Crippen LogP contribution in [0.3, 0.4) is 0 Å². The van der Waals surface area contributed by atoms with Gasteiger partial charge in [-0.15, -0.1) is 0 Å². The lowest BCUT2D eigenvalue weighted by atomic mass is 10.2. The second-order valence-corrected chi connectivity index (χ2v) is 5.92. The SMILES string of the molecule is C[C@H](OC(=O)/C=C/c1ccc(F)cc1)C(=O)Nc1cc(Cl)ccc1Cl. The Labute approximate surface area is 154 Å². The number of halogens is 3. The van der Waals surface area contributed by atoms with Crippen molar-refractivity contribution in [2.45, 2.75) is 13.0 Å². The van der Waals surface area contributed by atoms with Crippen LogP contribution in [0.5, 0.6) is 0 Å². The number of anilines is 1. The number of hydrogen-bond acceptors (Lipinski definition) is 3. The van der Waals surface area contributed by atoms with Gasteiger partial charge >= 0.3 is 5.97 Å². The van der Waals surface area contributed by atoms with Crippen molar-refractivity contribution in [1.82, 2.24) is 0 Å². The van der Waals surface area contributed by atoms with Gasteiger partial charge in [-0.3, -0.25) is 4.79 Å². The van der Waals surface area contributed by atoms with E-state index < -0.39 is 18.0 Å². The summed E-state index contributed by atoms with van der Waals surface area (Å²) < 4.78 is 17.8. The Balaban J connectivity index is 1.92. The zero-order valence-corrected chi connectivity index (χ0v) is 14.6. The Bertz CT molecular complexity index is 806. The third-order valence-electron chi connectivity index (χ3n) is 3.13. The minimum atomic E-state index is -1.04. The number of hydrogen-bond donors (Lipinski definition) is 1. The summed E-state index contributed by atoms with van der Waals surface area (Å²) >= 11 is 11.8. The van der Waals surface area contributed by atoms with Crippen LogP contribution in [0.2, 0.25) is 10.0 Å². The molecule has 0 saturated heterocycles. The van der Waals surface area contributed by atoms with Gasteiger partial charge in [0.15, 0.2) is 6.10 Å². The zero-order chi connectivity index (χ0) is 18.4. The summed E-state index contributed by atoms with van der Waals surface area (Å²) in [5.74, 6) is -1.62. The smallest absolute Gasteiger partial charge is 0.331 e. The molecule has 0 unspecified atom stereocenters. The zero-order valence-electron chi connectivity index (χ0n) is 13.1. The maximum absolute atomic E-state index is 12.8. The van der Waals surface area contributed by atoms with Crippen LogP contribution >= 0.6 is 23.2 Å². The number of benzene rings is 2. The van der Waals surface area contributed by atoms with Gasteiger partial charge < -0.3 is 10.1 Å². The number of ether oxygens (including phenoxy) is 1. The largest absolute Gasteiger partial charge is 0.449 e. The van der Waals surface area contributed by atoms with E-state index in [4.69, 9.17) is 27.9 Å². The van der Waals surface area contributed by atoms with Crippen molar-refractivity contribution in [1.29, 1.82) is 0 Å². The van der Waals surface area contributed by atoms with Crippen molar-refractivity contribution in [3.05, 3.63) is 70.0 Å². The average molecular weight is 382 g/mol. The summed E-state index contributed by atoms with van der Waals surface area (Å²) in [5.41, 5.74) is 0.949. The van der Waals surface area contributed by atoms with Gasteiger partial charge in [0.2, 0.25) is 0 Å². The van der Waals surface area contributed by atoms with Crippen LogP contribution in [0.4, 0.5) is 10.1 Å². The van der Waals surface area contributed by atoms with Gasteiger partial charge in [-0.05, 0) is 48.9 Å². The van der Waals surface area contributed by atoms with E-state index in [0.717, 1.165) is 6.08 Å². The van der Waals surface area contributed by atoms with Gasteiger partial charge in [0.1, 0.15) is 5.82 Å². The molecule has 0 aliphatic heterocycles. The molecule has 130 valence electrons. The molecule has 25 heavy (non-hydrogen) atoms. The molecular formula is C18H14Cl2FNO3. The minimum absolute atomic E-state index is 0.312. The van der Waals surface area contributed by atoms with E-state index in [9.17, 15) is 14.0 Å². The van der Waals surface area contributed by atoms with Crippen LogP contribution < -0.4 is 5.32 Å². The Hall–Kier alpha value is -2.37. The fourth-order valence-corrected chi connectivity index (χ4v) is 2.17. The molecule has 0 heterocycles. The van der Waals surface area contributed by atoms with Gasteiger partial charge in [-0.1, -0.05) is 35.3 Å². The van der Waals surface area contributed by atoms with Crippen LogP contribution in [-0.4, -0.2) is 18.0 Å².